The van der Waals surface area contributed by atoms with E-state index >= 15 is 0 Å². The molecular weight excluding hydrogens is 563 g/mol. The van der Waals surface area contributed by atoms with Crippen LogP contribution in [0.4, 0.5) is 0 Å². The molecule has 0 bridgehead atoms. The maximum Gasteiger partial charge on any atom is 0.271 e. The molecule has 2 heterocycles. The molecule has 3 rings (SSSR count). The average Bonchev–Trinajstić information content (AvgIpc) is 3.37. The van der Waals surface area contributed by atoms with Crippen molar-refractivity contribution in [3.8, 4) is 5.75 Å². The Morgan fingerprint density at radius 3 is 2.56 bits per heavy atom. The smallest absolute Gasteiger partial charge is 0.271 e. The highest BCUT2D eigenvalue weighted by Gasteiger charge is 2.30. The topological polar surface area (TPSA) is 118 Å². The van der Waals surface area contributed by atoms with E-state index in [4.69, 9.17) is 4.74 Å². The second-order valence-electron chi connectivity index (χ2n) is 9.38. The SMILES string of the molecule is CCC(=O)CCCCC[C@H](NC(=O)CC[NH2+]N(C)C)C1=NC=C(c2cc(OC)c3ccccc3[nH+]2)[NH2+]1.[Cl-].[Cl-].[Cl-]. The number of halogens is 3. The number of para-hydroxylation sites is 1. The number of quaternary nitrogens is 2. The Morgan fingerprint density at radius 2 is 1.87 bits per heavy atom. The van der Waals surface area contributed by atoms with Crippen LogP contribution in [0, 0.1) is 0 Å². The summed E-state index contributed by atoms with van der Waals surface area (Å²) in [6, 6.07) is 9.84. The molecule has 9 nitrogen and oxygen atoms in total. The minimum absolute atomic E-state index is 0. The number of unbranched alkanes of at least 4 members (excludes halogenated alkanes) is 2. The first kappa shape index (κ1) is 36.7. The number of hydrogen-bond donors (Lipinski definition) is 3. The summed E-state index contributed by atoms with van der Waals surface area (Å²) in [5.74, 6) is 1.97. The van der Waals surface area contributed by atoms with Gasteiger partial charge in [0, 0.05) is 33.0 Å². The summed E-state index contributed by atoms with van der Waals surface area (Å²) in [4.78, 5) is 32.5. The molecule has 1 aliphatic heterocycles. The Bertz CT molecular complexity index is 1130. The molecule has 1 aromatic heterocycles. The number of amidine groups is 1. The molecule has 0 fully saturated rings. The standard InChI is InChI=1S/C27H38N6O3.3ClH/c1-5-19(34)11-7-6-8-14-22(31-26(35)15-16-29-33(2)3)27-28-18-24(32-27)23-17-25(36-4)20-12-9-10-13-21(20)30-23;;;/h9-10,12-13,17-18,22,29H,5-8,11,14-16H2,1-4H3,(H,28,32)(H,31,35);3*1H/t22-;;;/m0.../s1. The predicted octanol–water partition coefficient (Wildman–Crippen LogP) is -8.21. The Balaban J connectivity index is 0.00000481. The summed E-state index contributed by atoms with van der Waals surface area (Å²) in [6.45, 7) is 2.60. The van der Waals surface area contributed by atoms with Crippen molar-refractivity contribution in [2.45, 2.75) is 57.9 Å². The fraction of sp³-hybridized carbons (Fsp3) is 0.481. The first-order valence-electron chi connectivity index (χ1n) is 12.8. The largest absolute Gasteiger partial charge is 1.00 e. The van der Waals surface area contributed by atoms with Crippen LogP contribution < -0.4 is 63.0 Å². The molecule has 6 N–H and O–H groups in total. The van der Waals surface area contributed by atoms with Gasteiger partial charge in [-0.25, -0.2) is 4.99 Å². The van der Waals surface area contributed by atoms with Crippen LogP contribution in [0.15, 0.2) is 41.5 Å². The summed E-state index contributed by atoms with van der Waals surface area (Å²) in [7, 11) is 5.59. The molecule has 1 aromatic carbocycles. The van der Waals surface area contributed by atoms with E-state index in [-0.39, 0.29) is 49.2 Å². The molecule has 2 aromatic rings. The van der Waals surface area contributed by atoms with Gasteiger partial charge in [0.05, 0.1) is 25.0 Å². The number of aromatic amines is 1. The van der Waals surface area contributed by atoms with E-state index in [1.807, 2.05) is 73.3 Å². The van der Waals surface area contributed by atoms with E-state index in [9.17, 15) is 9.59 Å². The molecule has 218 valence electrons. The number of fused-ring (bicyclic) bond motifs is 1. The number of ether oxygens (including phenoxy) is 1. The molecule has 0 saturated heterocycles. The number of hydrogen-bond acceptors (Lipinski definition) is 5. The molecule has 0 radical (unpaired) electrons. The number of aliphatic imine (C=N–C) groups is 1. The fourth-order valence-corrected chi connectivity index (χ4v) is 4.28. The number of nitrogens with zero attached hydrogens (tertiary/aromatic N) is 2. The van der Waals surface area contributed by atoms with Gasteiger partial charge in [0.25, 0.3) is 5.69 Å². The number of H-pyrrole nitrogens is 1. The lowest BCUT2D eigenvalue weighted by molar-refractivity contribution is -0.793. The van der Waals surface area contributed by atoms with Gasteiger partial charge in [0.15, 0.2) is 0 Å². The molecule has 0 aliphatic carbocycles. The number of pyridine rings is 1. The van der Waals surface area contributed by atoms with Crippen molar-refractivity contribution in [1.29, 1.82) is 0 Å². The zero-order valence-electron chi connectivity index (χ0n) is 23.1. The van der Waals surface area contributed by atoms with Gasteiger partial charge < -0.3 is 47.3 Å². The zero-order valence-corrected chi connectivity index (χ0v) is 25.4. The highest BCUT2D eigenvalue weighted by atomic mass is 35.5. The van der Waals surface area contributed by atoms with Gasteiger partial charge >= 0.3 is 0 Å². The third-order valence-corrected chi connectivity index (χ3v) is 6.32. The zero-order chi connectivity index (χ0) is 25.9. The minimum atomic E-state index is -0.171. The number of carbonyl (C=O) groups is 2. The van der Waals surface area contributed by atoms with Crippen LogP contribution in [0.3, 0.4) is 0 Å². The van der Waals surface area contributed by atoms with Gasteiger partial charge in [-0.2, -0.15) is 9.99 Å². The lowest BCUT2D eigenvalue weighted by atomic mass is 10.0. The third kappa shape index (κ3) is 11.4. The van der Waals surface area contributed by atoms with Crippen molar-refractivity contribution in [2.75, 3.05) is 27.7 Å². The van der Waals surface area contributed by atoms with Crippen molar-refractivity contribution in [3.05, 3.63) is 42.2 Å². The van der Waals surface area contributed by atoms with Crippen LogP contribution in [0.2, 0.25) is 0 Å². The maximum atomic E-state index is 12.7. The van der Waals surface area contributed by atoms with Crippen molar-refractivity contribution in [1.82, 2.24) is 10.3 Å². The summed E-state index contributed by atoms with van der Waals surface area (Å²) in [5.41, 5.74) is 4.84. The van der Waals surface area contributed by atoms with Crippen molar-refractivity contribution >= 4 is 34.1 Å². The van der Waals surface area contributed by atoms with Crippen molar-refractivity contribution < 1.29 is 67.3 Å². The highest BCUT2D eigenvalue weighted by molar-refractivity contribution is 5.90. The Labute approximate surface area is 249 Å². The van der Waals surface area contributed by atoms with Crippen LogP contribution in [-0.4, -0.2) is 56.3 Å². The van der Waals surface area contributed by atoms with Gasteiger partial charge in [-0.1, -0.05) is 31.9 Å². The minimum Gasteiger partial charge on any atom is -1.00 e. The van der Waals surface area contributed by atoms with Crippen molar-refractivity contribution in [2.24, 2.45) is 4.99 Å². The second kappa shape index (κ2) is 18.9. The number of nitrogens with one attached hydrogen (secondary N) is 2. The lowest BCUT2D eigenvalue weighted by Crippen LogP contribution is -3.00. The van der Waals surface area contributed by atoms with Crippen LogP contribution in [-0.2, 0) is 9.59 Å². The van der Waals surface area contributed by atoms with Crippen LogP contribution >= 0.6 is 0 Å². The Kier molecular flexibility index (Phi) is 17.8. The number of carbonyl (C=O) groups excluding carboxylic acids is 2. The van der Waals surface area contributed by atoms with Crippen LogP contribution in [0.25, 0.3) is 16.6 Å². The molecule has 1 aliphatic rings. The van der Waals surface area contributed by atoms with Gasteiger partial charge in [-0.05, 0) is 18.9 Å². The highest BCUT2D eigenvalue weighted by Crippen LogP contribution is 2.24. The van der Waals surface area contributed by atoms with Gasteiger partial charge in [-0.15, -0.1) is 0 Å². The van der Waals surface area contributed by atoms with E-state index in [0.29, 0.717) is 31.6 Å². The molecule has 0 saturated carbocycles. The number of aromatic nitrogens is 1. The number of rotatable bonds is 15. The number of benzene rings is 1. The van der Waals surface area contributed by atoms with E-state index in [1.165, 1.54) is 0 Å². The predicted molar refractivity (Wildman–Crippen MR) is 140 cm³/mol. The Hall–Kier alpha value is -2.27. The van der Waals surface area contributed by atoms with Crippen molar-refractivity contribution in [3.63, 3.8) is 0 Å². The average molecular weight is 604 g/mol. The normalized spacial score (nSPS) is 12.9. The summed E-state index contributed by atoms with van der Waals surface area (Å²) in [6.07, 6.45) is 7.05. The first-order valence-corrected chi connectivity index (χ1v) is 12.8. The Morgan fingerprint density at radius 1 is 1.13 bits per heavy atom. The maximum absolute atomic E-state index is 12.7. The summed E-state index contributed by atoms with van der Waals surface area (Å²) in [5, 5.41) is 8.21. The van der Waals surface area contributed by atoms with E-state index in [2.05, 4.69) is 15.3 Å². The second-order valence-corrected chi connectivity index (χ2v) is 9.38. The number of methoxy groups -OCH3 is 1. The summed E-state index contributed by atoms with van der Waals surface area (Å²) < 4.78 is 5.62. The number of Topliss-reactive ketones (excluding diaryl/α,β-unsaturated/α-hetero) is 1. The molecule has 12 heteroatoms. The van der Waals surface area contributed by atoms with Gasteiger partial charge in [0.2, 0.25) is 23.0 Å². The molecule has 1 atom stereocenters. The van der Waals surface area contributed by atoms with Crippen LogP contribution in [0.5, 0.6) is 5.75 Å². The number of ketones is 1. The molecule has 0 spiro atoms. The fourth-order valence-electron chi connectivity index (χ4n) is 4.28. The lowest BCUT2D eigenvalue weighted by Gasteiger charge is -2.17. The van der Waals surface area contributed by atoms with E-state index in [1.54, 1.807) is 7.11 Å². The monoisotopic (exact) mass is 602 g/mol. The number of amides is 1. The van der Waals surface area contributed by atoms with Gasteiger partial charge in [0.1, 0.15) is 30.3 Å². The molecular formula is C27H41Cl3N6O3. The molecule has 0 unspecified atom stereocenters. The summed E-state index contributed by atoms with van der Waals surface area (Å²) >= 11 is 0. The van der Waals surface area contributed by atoms with E-state index in [0.717, 1.165) is 59.6 Å². The van der Waals surface area contributed by atoms with Gasteiger partial charge in [-0.3, -0.25) is 20.3 Å². The van der Waals surface area contributed by atoms with Crippen LogP contribution in [0.1, 0.15) is 57.6 Å². The first-order chi connectivity index (χ1) is 17.4. The molecule has 39 heavy (non-hydrogen) atoms. The van der Waals surface area contributed by atoms with E-state index < -0.39 is 0 Å². The molecule has 1 amide bonds. The third-order valence-electron chi connectivity index (χ3n) is 6.32. The quantitative estimate of drug-likeness (QED) is 0.107. The number of nitrogens with two attached hydrogens (primary N) is 2.